The minimum absolute atomic E-state index is 0.185. The summed E-state index contributed by atoms with van der Waals surface area (Å²) in [6.45, 7) is 4.99. The molecule has 2 amide bonds. The summed E-state index contributed by atoms with van der Waals surface area (Å²) in [6.07, 6.45) is 4.04. The van der Waals surface area contributed by atoms with Crippen molar-refractivity contribution in [2.75, 3.05) is 13.1 Å². The number of aromatic amines is 1. The van der Waals surface area contributed by atoms with Gasteiger partial charge in [0.25, 0.3) is 0 Å². The average molecular weight is 268 g/mol. The van der Waals surface area contributed by atoms with Crippen LogP contribution >= 0.6 is 0 Å². The Morgan fingerprint density at radius 3 is 2.74 bits per heavy atom. The van der Waals surface area contributed by atoms with Crippen molar-refractivity contribution in [3.05, 3.63) is 18.2 Å². The number of hydrogen-bond acceptors (Lipinski definition) is 3. The maximum Gasteiger partial charge on any atom is 0.326 e. The molecule has 3 N–H and O–H groups in total. The van der Waals surface area contributed by atoms with Crippen LogP contribution in [0.2, 0.25) is 0 Å². The fourth-order valence-corrected chi connectivity index (χ4v) is 1.73. The molecule has 106 valence electrons. The van der Waals surface area contributed by atoms with Gasteiger partial charge in [-0.05, 0) is 13.3 Å². The number of amides is 2. The molecule has 0 aliphatic carbocycles. The SMILES string of the molecule is CCCN(CC)C(=O)NC(Cc1cnc[nH]1)C(=O)O. The van der Waals surface area contributed by atoms with E-state index in [0.29, 0.717) is 18.8 Å². The Labute approximate surface area is 112 Å². The van der Waals surface area contributed by atoms with Gasteiger partial charge in [0.15, 0.2) is 0 Å². The third kappa shape index (κ3) is 4.61. The van der Waals surface area contributed by atoms with E-state index in [0.717, 1.165) is 6.42 Å². The van der Waals surface area contributed by atoms with Crippen LogP contribution in [-0.2, 0) is 11.2 Å². The van der Waals surface area contributed by atoms with E-state index in [4.69, 9.17) is 5.11 Å². The molecule has 1 atom stereocenters. The van der Waals surface area contributed by atoms with Gasteiger partial charge in [0, 0.05) is 31.4 Å². The standard InChI is InChI=1S/C12H20N4O3/c1-3-5-16(4-2)12(19)15-10(11(17)18)6-9-7-13-8-14-9/h7-8,10H,3-6H2,1-2H3,(H,13,14)(H,15,19)(H,17,18). The summed E-state index contributed by atoms with van der Waals surface area (Å²) in [7, 11) is 0. The molecule has 0 radical (unpaired) electrons. The molecular weight excluding hydrogens is 248 g/mol. The van der Waals surface area contributed by atoms with E-state index in [9.17, 15) is 9.59 Å². The zero-order chi connectivity index (χ0) is 14.3. The highest BCUT2D eigenvalue weighted by molar-refractivity contribution is 5.82. The third-order valence-electron chi connectivity index (χ3n) is 2.74. The van der Waals surface area contributed by atoms with Crippen molar-refractivity contribution in [2.45, 2.75) is 32.7 Å². The van der Waals surface area contributed by atoms with E-state index >= 15 is 0 Å². The van der Waals surface area contributed by atoms with Gasteiger partial charge in [0.2, 0.25) is 0 Å². The minimum Gasteiger partial charge on any atom is -0.480 e. The predicted octanol–water partition coefficient (Wildman–Crippen LogP) is 0.847. The Morgan fingerprint density at radius 1 is 1.53 bits per heavy atom. The number of hydrogen-bond donors (Lipinski definition) is 3. The summed E-state index contributed by atoms with van der Waals surface area (Å²) >= 11 is 0. The second-order valence-corrected chi connectivity index (χ2v) is 4.20. The van der Waals surface area contributed by atoms with Crippen molar-refractivity contribution in [3.63, 3.8) is 0 Å². The first-order valence-corrected chi connectivity index (χ1v) is 6.34. The molecule has 0 fully saturated rings. The van der Waals surface area contributed by atoms with Gasteiger partial charge in [0.05, 0.1) is 6.33 Å². The topological polar surface area (TPSA) is 98.3 Å². The summed E-state index contributed by atoms with van der Waals surface area (Å²) in [5, 5.41) is 11.7. The number of carbonyl (C=O) groups is 2. The summed E-state index contributed by atoms with van der Waals surface area (Å²) in [5.41, 5.74) is 0.672. The van der Waals surface area contributed by atoms with Crippen molar-refractivity contribution in [3.8, 4) is 0 Å². The van der Waals surface area contributed by atoms with E-state index in [2.05, 4.69) is 15.3 Å². The number of nitrogens with one attached hydrogen (secondary N) is 2. The maximum absolute atomic E-state index is 11.9. The van der Waals surface area contributed by atoms with E-state index in [1.165, 1.54) is 6.33 Å². The van der Waals surface area contributed by atoms with Crippen LogP contribution in [0, 0.1) is 0 Å². The van der Waals surface area contributed by atoms with Crippen LogP contribution in [0.1, 0.15) is 26.0 Å². The number of carbonyl (C=O) groups excluding carboxylic acids is 1. The number of urea groups is 1. The Morgan fingerprint density at radius 2 is 2.26 bits per heavy atom. The van der Waals surface area contributed by atoms with Crippen LogP contribution in [0.5, 0.6) is 0 Å². The minimum atomic E-state index is -1.06. The van der Waals surface area contributed by atoms with E-state index < -0.39 is 12.0 Å². The van der Waals surface area contributed by atoms with Gasteiger partial charge in [-0.1, -0.05) is 6.92 Å². The number of carboxylic acids is 1. The Balaban J connectivity index is 2.62. The summed E-state index contributed by atoms with van der Waals surface area (Å²) < 4.78 is 0. The van der Waals surface area contributed by atoms with Gasteiger partial charge < -0.3 is 20.3 Å². The molecule has 1 aromatic heterocycles. The molecular formula is C12H20N4O3. The molecule has 0 spiro atoms. The van der Waals surface area contributed by atoms with Gasteiger partial charge in [-0.15, -0.1) is 0 Å². The molecule has 0 bridgehead atoms. The lowest BCUT2D eigenvalue weighted by atomic mass is 10.1. The maximum atomic E-state index is 11.9. The normalized spacial score (nSPS) is 11.9. The zero-order valence-electron chi connectivity index (χ0n) is 11.2. The summed E-state index contributed by atoms with van der Waals surface area (Å²) in [4.78, 5) is 31.3. The molecule has 0 aliphatic rings. The molecule has 7 nitrogen and oxygen atoms in total. The highest BCUT2D eigenvalue weighted by Crippen LogP contribution is 2.01. The molecule has 19 heavy (non-hydrogen) atoms. The van der Waals surface area contributed by atoms with Crippen LogP contribution in [0.15, 0.2) is 12.5 Å². The molecule has 0 saturated carbocycles. The number of aromatic nitrogens is 2. The Kier molecular flexibility index (Phi) is 5.84. The van der Waals surface area contributed by atoms with Gasteiger partial charge in [0.1, 0.15) is 6.04 Å². The van der Waals surface area contributed by atoms with Crippen molar-refractivity contribution in [2.24, 2.45) is 0 Å². The lowest BCUT2D eigenvalue weighted by molar-refractivity contribution is -0.139. The van der Waals surface area contributed by atoms with Crippen molar-refractivity contribution in [1.29, 1.82) is 0 Å². The molecule has 1 unspecified atom stereocenters. The number of carboxylic acid groups (broad SMARTS) is 1. The second kappa shape index (κ2) is 7.40. The van der Waals surface area contributed by atoms with Gasteiger partial charge >= 0.3 is 12.0 Å². The van der Waals surface area contributed by atoms with Crippen LogP contribution in [0.4, 0.5) is 4.79 Å². The summed E-state index contributed by atoms with van der Waals surface area (Å²) in [5.74, 6) is -1.06. The molecule has 1 aromatic rings. The fraction of sp³-hybridized carbons (Fsp3) is 0.583. The lowest BCUT2D eigenvalue weighted by Crippen LogP contribution is -2.49. The quantitative estimate of drug-likeness (QED) is 0.682. The van der Waals surface area contributed by atoms with E-state index in [1.54, 1.807) is 11.1 Å². The number of nitrogens with zero attached hydrogens (tertiary/aromatic N) is 2. The first kappa shape index (κ1) is 15.0. The van der Waals surface area contributed by atoms with Gasteiger partial charge in [-0.3, -0.25) is 0 Å². The predicted molar refractivity (Wildman–Crippen MR) is 69.8 cm³/mol. The van der Waals surface area contributed by atoms with Crippen molar-refractivity contribution in [1.82, 2.24) is 20.2 Å². The molecule has 0 aromatic carbocycles. The smallest absolute Gasteiger partial charge is 0.326 e. The number of rotatable bonds is 7. The van der Waals surface area contributed by atoms with E-state index in [-0.39, 0.29) is 12.5 Å². The number of imidazole rings is 1. The molecule has 1 heterocycles. The number of H-pyrrole nitrogens is 1. The van der Waals surface area contributed by atoms with E-state index in [1.807, 2.05) is 13.8 Å². The third-order valence-corrected chi connectivity index (χ3v) is 2.74. The van der Waals surface area contributed by atoms with Crippen molar-refractivity contribution < 1.29 is 14.7 Å². The largest absolute Gasteiger partial charge is 0.480 e. The molecule has 7 heteroatoms. The molecule has 0 aliphatic heterocycles. The number of aliphatic carboxylic acids is 1. The molecule has 0 saturated heterocycles. The lowest BCUT2D eigenvalue weighted by Gasteiger charge is -2.23. The highest BCUT2D eigenvalue weighted by atomic mass is 16.4. The second-order valence-electron chi connectivity index (χ2n) is 4.20. The Bertz CT molecular complexity index is 405. The highest BCUT2D eigenvalue weighted by Gasteiger charge is 2.23. The zero-order valence-corrected chi connectivity index (χ0v) is 11.2. The summed E-state index contributed by atoms with van der Waals surface area (Å²) in [6, 6.07) is -1.31. The fourth-order valence-electron chi connectivity index (χ4n) is 1.73. The van der Waals surface area contributed by atoms with Crippen LogP contribution in [0.25, 0.3) is 0 Å². The van der Waals surface area contributed by atoms with Gasteiger partial charge in [-0.25, -0.2) is 14.6 Å². The average Bonchev–Trinajstić information content (AvgIpc) is 2.87. The van der Waals surface area contributed by atoms with Crippen molar-refractivity contribution >= 4 is 12.0 Å². The van der Waals surface area contributed by atoms with Gasteiger partial charge in [-0.2, -0.15) is 0 Å². The van der Waals surface area contributed by atoms with Crippen LogP contribution in [0.3, 0.4) is 0 Å². The van der Waals surface area contributed by atoms with Crippen LogP contribution in [-0.4, -0.2) is 51.1 Å². The van der Waals surface area contributed by atoms with Crippen LogP contribution < -0.4 is 5.32 Å². The molecule has 1 rings (SSSR count). The first-order valence-electron chi connectivity index (χ1n) is 6.34. The Hall–Kier alpha value is -2.05. The monoisotopic (exact) mass is 268 g/mol. The first-order chi connectivity index (χ1) is 9.08.